The molecule has 0 saturated heterocycles. The molecule has 0 spiro atoms. The lowest BCUT2D eigenvalue weighted by molar-refractivity contribution is -0.157. The predicted octanol–water partition coefficient (Wildman–Crippen LogP) is 5.74. The third-order valence-electron chi connectivity index (χ3n) is 6.34. The van der Waals surface area contributed by atoms with E-state index in [4.69, 9.17) is 21.7 Å². The zero-order chi connectivity index (χ0) is 29.8. The number of hydrogen-bond acceptors (Lipinski definition) is 7. The first kappa shape index (κ1) is 29.5. The second-order valence-corrected chi connectivity index (χ2v) is 11.7. The minimum Gasteiger partial charge on any atom is -0.461 e. The van der Waals surface area contributed by atoms with Gasteiger partial charge in [-0.1, -0.05) is 63.2 Å². The Morgan fingerprint density at radius 3 is 2.44 bits per heavy atom. The fourth-order valence-corrected chi connectivity index (χ4v) is 5.02. The van der Waals surface area contributed by atoms with Crippen LogP contribution >= 0.6 is 12.2 Å². The average Bonchev–Trinajstić information content (AvgIpc) is 3.34. The molecule has 10 heteroatoms. The standard InChI is InChI=1S/C31H33N5O4S/c1-20(2)40-27(37)31(19-30(3,4)5,35-28(41)34-29(38)39-18-21-9-7-6-8-10-21)24-12-14-25-22(15-24)11-13-26-23(16-32)17-33-36(25)26/h6-15,17,20H,18-19H2,1-5H3,(H2,34,35,38,41)/t31-/m1/s1. The van der Waals surface area contributed by atoms with Gasteiger partial charge < -0.3 is 14.8 Å². The van der Waals surface area contributed by atoms with E-state index < -0.39 is 23.7 Å². The van der Waals surface area contributed by atoms with Gasteiger partial charge in [-0.05, 0) is 67.2 Å². The van der Waals surface area contributed by atoms with Gasteiger partial charge in [0.1, 0.15) is 12.7 Å². The summed E-state index contributed by atoms with van der Waals surface area (Å²) in [5.41, 5.74) is 1.53. The van der Waals surface area contributed by atoms with Gasteiger partial charge in [0, 0.05) is 5.39 Å². The number of nitriles is 1. The summed E-state index contributed by atoms with van der Waals surface area (Å²) in [6.07, 6.45) is 0.672. The first-order valence-electron chi connectivity index (χ1n) is 13.2. The number of rotatable bonds is 7. The molecule has 4 aromatic rings. The van der Waals surface area contributed by atoms with Crippen molar-refractivity contribution in [3.63, 3.8) is 0 Å². The van der Waals surface area contributed by atoms with E-state index in [1.165, 1.54) is 6.20 Å². The van der Waals surface area contributed by atoms with Crippen LogP contribution in [-0.4, -0.2) is 32.9 Å². The molecule has 2 N–H and O–H groups in total. The number of carbonyl (C=O) groups is 2. The van der Waals surface area contributed by atoms with E-state index in [0.717, 1.165) is 16.5 Å². The highest BCUT2D eigenvalue weighted by Gasteiger charge is 2.46. The Morgan fingerprint density at radius 2 is 1.78 bits per heavy atom. The lowest BCUT2D eigenvalue weighted by Gasteiger charge is -2.39. The molecule has 0 aliphatic heterocycles. The van der Waals surface area contributed by atoms with Gasteiger partial charge in [-0.2, -0.15) is 10.4 Å². The fraction of sp³-hybridized carbons (Fsp3) is 0.323. The lowest BCUT2D eigenvalue weighted by atomic mass is 9.75. The molecule has 0 radical (unpaired) electrons. The van der Waals surface area contributed by atoms with Crippen LogP contribution in [0.3, 0.4) is 0 Å². The maximum atomic E-state index is 13.9. The molecular formula is C31H33N5O4S. The molecule has 4 rings (SSSR count). The van der Waals surface area contributed by atoms with E-state index in [2.05, 4.69) is 21.8 Å². The van der Waals surface area contributed by atoms with Crippen molar-refractivity contribution < 1.29 is 19.1 Å². The molecule has 1 amide bonds. The number of esters is 1. The molecule has 41 heavy (non-hydrogen) atoms. The average molecular weight is 572 g/mol. The molecule has 1 atom stereocenters. The number of fused-ring (bicyclic) bond motifs is 3. The van der Waals surface area contributed by atoms with Gasteiger partial charge in [-0.3, -0.25) is 5.32 Å². The number of benzene rings is 2. The van der Waals surface area contributed by atoms with E-state index in [1.807, 2.05) is 81.4 Å². The largest absolute Gasteiger partial charge is 0.461 e. The van der Waals surface area contributed by atoms with Gasteiger partial charge in [0.25, 0.3) is 0 Å². The van der Waals surface area contributed by atoms with E-state index in [1.54, 1.807) is 18.4 Å². The van der Waals surface area contributed by atoms with Gasteiger partial charge in [0.05, 0.1) is 28.9 Å². The minimum absolute atomic E-state index is 0.0674. The normalized spacial score (nSPS) is 12.9. The van der Waals surface area contributed by atoms with Crippen LogP contribution in [0.15, 0.2) is 66.9 Å². The Kier molecular flexibility index (Phi) is 8.59. The number of nitrogens with zero attached hydrogens (tertiary/aromatic N) is 3. The van der Waals surface area contributed by atoms with Gasteiger partial charge in [0.15, 0.2) is 10.7 Å². The molecule has 0 fully saturated rings. The number of hydrogen-bond donors (Lipinski definition) is 2. The van der Waals surface area contributed by atoms with Crippen molar-refractivity contribution >= 4 is 45.8 Å². The Hall–Kier alpha value is -4.49. The first-order valence-corrected chi connectivity index (χ1v) is 13.6. The van der Waals surface area contributed by atoms with E-state index in [-0.39, 0.29) is 17.1 Å². The third kappa shape index (κ3) is 6.81. The fourth-order valence-electron chi connectivity index (χ4n) is 4.76. The van der Waals surface area contributed by atoms with Crippen LogP contribution < -0.4 is 10.6 Å². The molecule has 0 aliphatic carbocycles. The summed E-state index contributed by atoms with van der Waals surface area (Å²) in [6, 6.07) is 20.7. The number of carbonyl (C=O) groups excluding carboxylic acids is 2. The first-order chi connectivity index (χ1) is 19.4. The van der Waals surface area contributed by atoms with Crippen LogP contribution in [0.5, 0.6) is 0 Å². The van der Waals surface area contributed by atoms with Crippen LogP contribution in [0.2, 0.25) is 0 Å². The number of pyridine rings is 1. The number of alkyl carbamates (subject to hydrolysis) is 1. The highest BCUT2D eigenvalue weighted by molar-refractivity contribution is 7.80. The summed E-state index contributed by atoms with van der Waals surface area (Å²) in [5.74, 6) is -0.532. The van der Waals surface area contributed by atoms with Gasteiger partial charge in [-0.25, -0.2) is 14.1 Å². The Balaban J connectivity index is 1.72. The number of thiocarbonyl (C=S) groups is 1. The van der Waals surface area contributed by atoms with Crippen molar-refractivity contribution in [1.82, 2.24) is 20.2 Å². The molecule has 9 nitrogen and oxygen atoms in total. The molecule has 2 aromatic carbocycles. The van der Waals surface area contributed by atoms with Gasteiger partial charge in [-0.15, -0.1) is 0 Å². The highest BCUT2D eigenvalue weighted by atomic mass is 32.1. The summed E-state index contributed by atoms with van der Waals surface area (Å²) in [6.45, 7) is 9.65. The van der Waals surface area contributed by atoms with Crippen molar-refractivity contribution in [2.45, 2.75) is 59.3 Å². The number of nitrogens with one attached hydrogen (secondary N) is 2. The summed E-state index contributed by atoms with van der Waals surface area (Å²) in [5, 5.41) is 20.2. The zero-order valence-electron chi connectivity index (χ0n) is 23.7. The molecular weight excluding hydrogens is 538 g/mol. The quantitative estimate of drug-likeness (QED) is 0.213. The molecule has 0 unspecified atom stereocenters. The smallest absolute Gasteiger partial charge is 0.413 e. The molecule has 0 saturated carbocycles. The van der Waals surface area contributed by atoms with Crippen molar-refractivity contribution in [3.8, 4) is 6.07 Å². The van der Waals surface area contributed by atoms with E-state index >= 15 is 0 Å². The SMILES string of the molecule is CC(C)OC(=O)[C@](CC(C)(C)C)(NC(=S)NC(=O)OCc1ccccc1)c1ccc2c(ccc3c(C#N)cnn32)c1. The maximum absolute atomic E-state index is 13.9. The molecule has 0 bridgehead atoms. The zero-order valence-corrected chi connectivity index (χ0v) is 24.5. The van der Waals surface area contributed by atoms with Gasteiger partial charge >= 0.3 is 12.1 Å². The maximum Gasteiger partial charge on any atom is 0.413 e. The Labute approximate surface area is 244 Å². The second-order valence-electron chi connectivity index (χ2n) is 11.3. The summed E-state index contributed by atoms with van der Waals surface area (Å²) in [4.78, 5) is 26.5. The molecule has 2 heterocycles. The summed E-state index contributed by atoms with van der Waals surface area (Å²) < 4.78 is 12.8. The molecule has 0 aliphatic rings. The molecule has 212 valence electrons. The Morgan fingerprint density at radius 1 is 1.07 bits per heavy atom. The van der Waals surface area contributed by atoms with Crippen molar-refractivity contribution in [2.24, 2.45) is 5.41 Å². The van der Waals surface area contributed by atoms with E-state index in [0.29, 0.717) is 23.1 Å². The Bertz CT molecular complexity index is 1640. The second kappa shape index (κ2) is 11.9. The van der Waals surface area contributed by atoms with E-state index in [9.17, 15) is 14.9 Å². The van der Waals surface area contributed by atoms with Crippen molar-refractivity contribution in [2.75, 3.05) is 0 Å². The van der Waals surface area contributed by atoms with Gasteiger partial charge in [0.2, 0.25) is 0 Å². The minimum atomic E-state index is -1.45. The van der Waals surface area contributed by atoms with Crippen molar-refractivity contribution in [3.05, 3.63) is 83.6 Å². The van der Waals surface area contributed by atoms with Crippen LogP contribution in [0.1, 0.15) is 57.7 Å². The van der Waals surface area contributed by atoms with Crippen LogP contribution in [0.25, 0.3) is 16.4 Å². The topological polar surface area (TPSA) is 118 Å². The van der Waals surface area contributed by atoms with Crippen LogP contribution in [0, 0.1) is 16.7 Å². The van der Waals surface area contributed by atoms with Crippen LogP contribution in [-0.2, 0) is 26.4 Å². The predicted molar refractivity (Wildman–Crippen MR) is 160 cm³/mol. The summed E-state index contributed by atoms with van der Waals surface area (Å²) in [7, 11) is 0. The highest BCUT2D eigenvalue weighted by Crippen LogP contribution is 2.38. The number of ether oxygens (including phenoxy) is 2. The summed E-state index contributed by atoms with van der Waals surface area (Å²) >= 11 is 5.53. The monoisotopic (exact) mass is 571 g/mol. The number of aromatic nitrogens is 2. The lowest BCUT2D eigenvalue weighted by Crippen LogP contribution is -2.58. The third-order valence-corrected chi connectivity index (χ3v) is 6.54. The van der Waals surface area contributed by atoms with Crippen molar-refractivity contribution in [1.29, 1.82) is 5.26 Å². The molecule has 2 aromatic heterocycles. The number of amides is 1. The van der Waals surface area contributed by atoms with Crippen LogP contribution in [0.4, 0.5) is 4.79 Å².